The van der Waals surface area contributed by atoms with E-state index in [1.807, 2.05) is 0 Å². The number of rotatable bonds is 4. The van der Waals surface area contributed by atoms with E-state index in [0.717, 1.165) is 5.56 Å². The summed E-state index contributed by atoms with van der Waals surface area (Å²) in [6.07, 6.45) is -5.36. The molecule has 1 rings (SSSR count). The van der Waals surface area contributed by atoms with Crippen molar-refractivity contribution < 1.29 is 18.0 Å². The summed E-state index contributed by atoms with van der Waals surface area (Å²) < 4.78 is 36.2. The molecule has 4 N–H and O–H groups in total. The fourth-order valence-corrected chi connectivity index (χ4v) is 1.51. The Morgan fingerprint density at radius 2 is 1.89 bits per heavy atom. The number of benzene rings is 1. The smallest absolute Gasteiger partial charge is 0.335 e. The molecule has 0 aliphatic rings. The lowest BCUT2D eigenvalue weighted by molar-refractivity contribution is -0.138. The predicted molar refractivity (Wildman–Crippen MR) is 66.6 cm³/mol. The maximum absolute atomic E-state index is 12.1. The summed E-state index contributed by atoms with van der Waals surface area (Å²) in [4.78, 5) is 11.4. The molecule has 0 fully saturated rings. The van der Waals surface area contributed by atoms with Gasteiger partial charge >= 0.3 is 12.2 Å². The maximum Gasteiger partial charge on any atom is 0.391 e. The highest BCUT2D eigenvalue weighted by molar-refractivity contribution is 5.89. The lowest BCUT2D eigenvalue weighted by Gasteiger charge is -2.16. The number of carbonyl (C=O) groups is 1. The van der Waals surface area contributed by atoms with Gasteiger partial charge in [0.25, 0.3) is 0 Å². The summed E-state index contributed by atoms with van der Waals surface area (Å²) in [7, 11) is 0. The number of carbonyl (C=O) groups excluding carboxylic acids is 1. The highest BCUT2D eigenvalue weighted by Gasteiger charge is 2.30. The van der Waals surface area contributed by atoms with Crippen molar-refractivity contribution in [1.82, 2.24) is 5.32 Å². The summed E-state index contributed by atoms with van der Waals surface area (Å²) in [6.45, 7) is 1.68. The van der Waals surface area contributed by atoms with Crippen LogP contribution in [0.25, 0.3) is 0 Å². The van der Waals surface area contributed by atoms with Gasteiger partial charge < -0.3 is 16.4 Å². The molecule has 1 atom stereocenters. The molecule has 106 valence electrons. The van der Waals surface area contributed by atoms with Crippen molar-refractivity contribution in [3.63, 3.8) is 0 Å². The molecule has 1 unspecified atom stereocenters. The van der Waals surface area contributed by atoms with Crippen molar-refractivity contribution >= 4 is 11.7 Å². The van der Waals surface area contributed by atoms with Gasteiger partial charge in [0.05, 0.1) is 6.42 Å². The number of nitrogens with two attached hydrogens (primary N) is 1. The van der Waals surface area contributed by atoms with E-state index in [1.165, 1.54) is 6.92 Å². The molecule has 0 heterocycles. The number of halogens is 3. The molecule has 1 aromatic rings. The quantitative estimate of drug-likeness (QED) is 0.790. The van der Waals surface area contributed by atoms with Gasteiger partial charge in [0.1, 0.15) is 0 Å². The van der Waals surface area contributed by atoms with Gasteiger partial charge in [-0.2, -0.15) is 13.2 Å². The second kappa shape index (κ2) is 6.42. The maximum atomic E-state index is 12.1. The highest BCUT2D eigenvalue weighted by atomic mass is 19.4. The first kappa shape index (κ1) is 15.3. The average molecular weight is 275 g/mol. The van der Waals surface area contributed by atoms with Crippen LogP contribution < -0.4 is 16.4 Å². The zero-order valence-corrected chi connectivity index (χ0v) is 10.4. The number of alkyl halides is 3. The molecule has 1 aromatic carbocycles. The molecule has 0 spiro atoms. The number of urea groups is 1. The molecule has 0 bridgehead atoms. The number of anilines is 1. The SMILES string of the molecule is CC(CC(F)(F)F)NC(=O)Nc1ccc(CN)cc1. The molecule has 0 aromatic heterocycles. The minimum absolute atomic E-state index is 0.384. The first-order chi connectivity index (χ1) is 8.80. The van der Waals surface area contributed by atoms with Crippen LogP contribution >= 0.6 is 0 Å². The summed E-state index contributed by atoms with van der Waals surface area (Å²) >= 11 is 0. The van der Waals surface area contributed by atoms with Crippen LogP contribution in [0.15, 0.2) is 24.3 Å². The standard InChI is InChI=1S/C12H16F3N3O/c1-8(6-12(13,14)15)17-11(19)18-10-4-2-9(7-16)3-5-10/h2-5,8H,6-7,16H2,1H3,(H2,17,18,19). The van der Waals surface area contributed by atoms with E-state index in [4.69, 9.17) is 5.73 Å². The molecule has 7 heteroatoms. The first-order valence-corrected chi connectivity index (χ1v) is 5.73. The molecule has 0 saturated carbocycles. The van der Waals surface area contributed by atoms with Gasteiger partial charge in [0.2, 0.25) is 0 Å². The first-order valence-electron chi connectivity index (χ1n) is 5.73. The Bertz CT molecular complexity index is 417. The number of hydrogen-bond acceptors (Lipinski definition) is 2. The molecule has 0 radical (unpaired) electrons. The van der Waals surface area contributed by atoms with Crippen LogP contribution in [0.4, 0.5) is 23.7 Å². The lowest BCUT2D eigenvalue weighted by atomic mass is 10.2. The molecule has 0 aliphatic heterocycles. The van der Waals surface area contributed by atoms with Crippen molar-refractivity contribution in [3.8, 4) is 0 Å². The summed E-state index contributed by atoms with van der Waals surface area (Å²) in [5.41, 5.74) is 6.81. The third-order valence-corrected chi connectivity index (χ3v) is 2.36. The largest absolute Gasteiger partial charge is 0.391 e. The Morgan fingerprint density at radius 3 is 2.37 bits per heavy atom. The van der Waals surface area contributed by atoms with Gasteiger partial charge in [-0.15, -0.1) is 0 Å². The Hall–Kier alpha value is -1.76. The van der Waals surface area contributed by atoms with Crippen LogP contribution in [0, 0.1) is 0 Å². The minimum atomic E-state index is -4.30. The fraction of sp³-hybridized carbons (Fsp3) is 0.417. The zero-order valence-electron chi connectivity index (χ0n) is 10.4. The Morgan fingerprint density at radius 1 is 1.32 bits per heavy atom. The number of nitrogens with one attached hydrogen (secondary N) is 2. The van der Waals surface area contributed by atoms with Gasteiger partial charge in [0, 0.05) is 18.3 Å². The van der Waals surface area contributed by atoms with Gasteiger partial charge in [-0.1, -0.05) is 12.1 Å². The third kappa shape index (κ3) is 6.10. The van der Waals surface area contributed by atoms with Gasteiger partial charge in [0.15, 0.2) is 0 Å². The molecule has 4 nitrogen and oxygen atoms in total. The average Bonchev–Trinajstić information content (AvgIpc) is 2.27. The van der Waals surface area contributed by atoms with Crippen molar-refractivity contribution in [2.24, 2.45) is 5.73 Å². The second-order valence-electron chi connectivity index (χ2n) is 4.22. The van der Waals surface area contributed by atoms with E-state index in [9.17, 15) is 18.0 Å². The molecule has 0 aliphatic carbocycles. The molecule has 0 saturated heterocycles. The number of amides is 2. The van der Waals surface area contributed by atoms with E-state index in [-0.39, 0.29) is 0 Å². The topological polar surface area (TPSA) is 67.2 Å². The molecular formula is C12H16F3N3O. The minimum Gasteiger partial charge on any atom is -0.335 e. The van der Waals surface area contributed by atoms with Crippen molar-refractivity contribution in [3.05, 3.63) is 29.8 Å². The Kier molecular flexibility index (Phi) is 5.17. The van der Waals surface area contributed by atoms with Crippen LogP contribution in [0.3, 0.4) is 0 Å². The Balaban J connectivity index is 2.46. The fourth-order valence-electron chi connectivity index (χ4n) is 1.51. The molecule has 19 heavy (non-hydrogen) atoms. The third-order valence-electron chi connectivity index (χ3n) is 2.36. The van der Waals surface area contributed by atoms with Crippen LogP contribution in [-0.2, 0) is 6.54 Å². The molecular weight excluding hydrogens is 259 g/mol. The van der Waals surface area contributed by atoms with Crippen LogP contribution in [0.2, 0.25) is 0 Å². The van der Waals surface area contributed by atoms with E-state index in [0.29, 0.717) is 12.2 Å². The van der Waals surface area contributed by atoms with Gasteiger partial charge in [-0.05, 0) is 24.6 Å². The highest BCUT2D eigenvalue weighted by Crippen LogP contribution is 2.21. The summed E-state index contributed by atoms with van der Waals surface area (Å²) in [5.74, 6) is 0. The molecule has 2 amide bonds. The van der Waals surface area contributed by atoms with Crippen molar-refractivity contribution in [1.29, 1.82) is 0 Å². The van der Waals surface area contributed by atoms with Crippen LogP contribution in [-0.4, -0.2) is 18.2 Å². The second-order valence-corrected chi connectivity index (χ2v) is 4.22. The predicted octanol–water partition coefficient (Wildman–Crippen LogP) is 2.61. The van der Waals surface area contributed by atoms with Gasteiger partial charge in [-0.3, -0.25) is 0 Å². The Labute approximate surface area is 109 Å². The van der Waals surface area contributed by atoms with E-state index in [2.05, 4.69) is 10.6 Å². The lowest BCUT2D eigenvalue weighted by Crippen LogP contribution is -2.38. The van der Waals surface area contributed by atoms with Crippen LogP contribution in [0.1, 0.15) is 18.9 Å². The zero-order chi connectivity index (χ0) is 14.5. The summed E-state index contributed by atoms with van der Waals surface area (Å²) in [5, 5.41) is 4.67. The normalized spacial score (nSPS) is 12.9. The van der Waals surface area contributed by atoms with E-state index < -0.39 is 24.7 Å². The number of hydrogen-bond donors (Lipinski definition) is 3. The van der Waals surface area contributed by atoms with Crippen LogP contribution in [0.5, 0.6) is 0 Å². The monoisotopic (exact) mass is 275 g/mol. The van der Waals surface area contributed by atoms with Gasteiger partial charge in [-0.25, -0.2) is 4.79 Å². The van der Waals surface area contributed by atoms with Crippen molar-refractivity contribution in [2.75, 3.05) is 5.32 Å². The van der Waals surface area contributed by atoms with E-state index >= 15 is 0 Å². The summed E-state index contributed by atoms with van der Waals surface area (Å²) in [6, 6.07) is 5.08. The van der Waals surface area contributed by atoms with Crippen molar-refractivity contribution in [2.45, 2.75) is 32.1 Å². The van der Waals surface area contributed by atoms with E-state index in [1.54, 1.807) is 24.3 Å².